The fraction of sp³-hybridized carbons (Fsp3) is 0.179. The molecule has 1 fully saturated rings. The number of rotatable bonds is 4. The molecule has 0 bridgehead atoms. The van der Waals surface area contributed by atoms with E-state index in [-0.39, 0.29) is 5.91 Å². The van der Waals surface area contributed by atoms with E-state index in [4.69, 9.17) is 9.57 Å². The van der Waals surface area contributed by atoms with E-state index in [1.54, 1.807) is 0 Å². The van der Waals surface area contributed by atoms with Crippen LogP contribution in [0.25, 0.3) is 5.57 Å². The van der Waals surface area contributed by atoms with Gasteiger partial charge >= 0.3 is 5.97 Å². The molecule has 6 heteroatoms. The van der Waals surface area contributed by atoms with E-state index in [1.165, 1.54) is 0 Å². The summed E-state index contributed by atoms with van der Waals surface area (Å²) in [5.74, 6) is 0.973. The van der Waals surface area contributed by atoms with Crippen LogP contribution in [0.2, 0.25) is 0 Å². The van der Waals surface area contributed by atoms with Crippen LogP contribution in [0, 0.1) is 0 Å². The Morgan fingerprint density at radius 3 is 2.50 bits per heavy atom. The molecule has 170 valence electrons. The van der Waals surface area contributed by atoms with Crippen LogP contribution in [0.15, 0.2) is 101 Å². The highest BCUT2D eigenvalue weighted by molar-refractivity contribution is 6.29. The molecule has 5 rings (SSSR count). The van der Waals surface area contributed by atoms with Crippen LogP contribution in [0.4, 0.5) is 5.69 Å². The fourth-order valence-electron chi connectivity index (χ4n) is 4.32. The molecule has 0 atom stereocenters. The summed E-state index contributed by atoms with van der Waals surface area (Å²) in [5, 5.41) is 4.01. The van der Waals surface area contributed by atoms with Crippen LogP contribution in [-0.2, 0) is 19.2 Å². The number of carbonyl (C=O) groups is 2. The van der Waals surface area contributed by atoms with Crippen LogP contribution in [0.1, 0.15) is 37.8 Å². The standard InChI is InChI=1S/C28H24N2O4/c1-18(20-10-12-23(13-11-20)30-14-6-9-25(30)31)15-24-17-22(16-19(2)33-24)26-27(29-34-28(26)32)21-7-4-3-5-8-21/h3-5,7-8,10-13,15-17H,6,9,14H2,1-2H3/b18-15?,26-22+. The third kappa shape index (κ3) is 4.22. The zero-order valence-corrected chi connectivity index (χ0v) is 19.1. The van der Waals surface area contributed by atoms with E-state index >= 15 is 0 Å². The quantitative estimate of drug-likeness (QED) is 0.467. The molecule has 0 N–H and O–H groups in total. The minimum Gasteiger partial charge on any atom is -0.462 e. The number of hydrogen-bond acceptors (Lipinski definition) is 5. The molecule has 6 nitrogen and oxygen atoms in total. The molecule has 0 unspecified atom stereocenters. The lowest BCUT2D eigenvalue weighted by atomic mass is 9.96. The Bertz CT molecular complexity index is 1310. The largest absolute Gasteiger partial charge is 0.462 e. The summed E-state index contributed by atoms with van der Waals surface area (Å²) in [6.45, 7) is 4.62. The number of anilines is 1. The molecule has 2 aromatic rings. The second kappa shape index (κ2) is 8.98. The van der Waals surface area contributed by atoms with Gasteiger partial charge in [0.25, 0.3) is 0 Å². The van der Waals surface area contributed by atoms with Gasteiger partial charge in [-0.25, -0.2) is 4.79 Å². The van der Waals surface area contributed by atoms with Gasteiger partial charge in [0.1, 0.15) is 17.2 Å². The Labute approximate surface area is 198 Å². The first-order valence-corrected chi connectivity index (χ1v) is 11.3. The second-order valence-electron chi connectivity index (χ2n) is 8.44. The van der Waals surface area contributed by atoms with E-state index in [1.807, 2.05) is 91.6 Å². The van der Waals surface area contributed by atoms with Gasteiger partial charge in [-0.1, -0.05) is 47.6 Å². The molecule has 3 heterocycles. The lowest BCUT2D eigenvalue weighted by molar-refractivity contribution is -0.136. The molecule has 0 saturated carbocycles. The highest BCUT2D eigenvalue weighted by atomic mass is 16.7. The van der Waals surface area contributed by atoms with Crippen LogP contribution in [0.5, 0.6) is 0 Å². The molecule has 0 aliphatic carbocycles. The van der Waals surface area contributed by atoms with Gasteiger partial charge in [0.05, 0.1) is 5.57 Å². The molecule has 3 aliphatic heterocycles. The highest BCUT2D eigenvalue weighted by Gasteiger charge is 2.30. The third-order valence-electron chi connectivity index (χ3n) is 6.00. The van der Waals surface area contributed by atoms with Gasteiger partial charge in [-0.3, -0.25) is 4.79 Å². The number of ether oxygens (including phenoxy) is 1. The SMILES string of the molecule is CC1=C/C(=C2\C(=O)ON=C2c2ccccc2)C=C(C=C(C)c2ccc(N3CCCC3=O)cc2)O1. The summed E-state index contributed by atoms with van der Waals surface area (Å²) < 4.78 is 5.93. The lowest BCUT2D eigenvalue weighted by Gasteiger charge is -2.17. The summed E-state index contributed by atoms with van der Waals surface area (Å²) in [6, 6.07) is 17.5. The highest BCUT2D eigenvalue weighted by Crippen LogP contribution is 2.30. The molecule has 1 amide bonds. The number of nitrogens with zero attached hydrogens (tertiary/aromatic N) is 2. The molecular weight excluding hydrogens is 428 g/mol. The Balaban J connectivity index is 1.45. The predicted octanol–water partition coefficient (Wildman–Crippen LogP) is 5.29. The molecule has 0 spiro atoms. The van der Waals surface area contributed by atoms with Gasteiger partial charge in [0.2, 0.25) is 5.91 Å². The number of carbonyl (C=O) groups excluding carboxylic acids is 2. The van der Waals surface area contributed by atoms with E-state index in [2.05, 4.69) is 5.16 Å². The molecule has 2 aromatic carbocycles. The molecule has 0 aromatic heterocycles. The van der Waals surface area contributed by atoms with Crippen molar-refractivity contribution in [3.8, 4) is 0 Å². The normalized spacial score (nSPS) is 20.6. The van der Waals surface area contributed by atoms with E-state index in [0.29, 0.717) is 34.8 Å². The van der Waals surface area contributed by atoms with Gasteiger partial charge in [-0.2, -0.15) is 0 Å². The maximum absolute atomic E-state index is 12.5. The molecule has 3 aliphatic rings. The van der Waals surface area contributed by atoms with Crippen molar-refractivity contribution < 1.29 is 19.2 Å². The smallest absolute Gasteiger partial charge is 0.368 e. The number of allylic oxidation sites excluding steroid dienone is 6. The van der Waals surface area contributed by atoms with E-state index < -0.39 is 5.97 Å². The zero-order chi connectivity index (χ0) is 23.7. The van der Waals surface area contributed by atoms with Crippen molar-refractivity contribution in [3.63, 3.8) is 0 Å². The van der Waals surface area contributed by atoms with Crippen molar-refractivity contribution in [2.75, 3.05) is 11.4 Å². The van der Waals surface area contributed by atoms with Gasteiger partial charge in [0.15, 0.2) is 0 Å². The monoisotopic (exact) mass is 452 g/mol. The van der Waals surface area contributed by atoms with Crippen molar-refractivity contribution in [3.05, 3.63) is 107 Å². The van der Waals surface area contributed by atoms with Crippen molar-refractivity contribution in [1.82, 2.24) is 0 Å². The predicted molar refractivity (Wildman–Crippen MR) is 131 cm³/mol. The van der Waals surface area contributed by atoms with Crippen molar-refractivity contribution in [1.29, 1.82) is 0 Å². The zero-order valence-electron chi connectivity index (χ0n) is 19.1. The Hall–Kier alpha value is -4.19. The minimum atomic E-state index is -0.483. The second-order valence-corrected chi connectivity index (χ2v) is 8.44. The van der Waals surface area contributed by atoms with Gasteiger partial charge in [0, 0.05) is 24.2 Å². The number of amides is 1. The maximum Gasteiger partial charge on any atom is 0.368 e. The Morgan fingerprint density at radius 1 is 1.03 bits per heavy atom. The fourth-order valence-corrected chi connectivity index (χ4v) is 4.32. The third-order valence-corrected chi connectivity index (χ3v) is 6.00. The number of hydrogen-bond donors (Lipinski definition) is 0. The van der Waals surface area contributed by atoms with E-state index in [9.17, 15) is 9.59 Å². The maximum atomic E-state index is 12.5. The average molecular weight is 453 g/mol. The first-order valence-electron chi connectivity index (χ1n) is 11.3. The molecule has 34 heavy (non-hydrogen) atoms. The minimum absolute atomic E-state index is 0.174. The summed E-state index contributed by atoms with van der Waals surface area (Å²) in [7, 11) is 0. The first-order chi connectivity index (χ1) is 16.5. The van der Waals surface area contributed by atoms with Crippen LogP contribution in [0.3, 0.4) is 0 Å². The van der Waals surface area contributed by atoms with E-state index in [0.717, 1.165) is 35.4 Å². The summed E-state index contributed by atoms with van der Waals surface area (Å²) in [5.41, 5.74) is 5.36. The Kier molecular flexibility index (Phi) is 5.72. The first kappa shape index (κ1) is 21.6. The van der Waals surface area contributed by atoms with Crippen molar-refractivity contribution in [2.24, 2.45) is 5.16 Å². The summed E-state index contributed by atoms with van der Waals surface area (Å²) >= 11 is 0. The number of benzene rings is 2. The van der Waals surface area contributed by atoms with Crippen LogP contribution >= 0.6 is 0 Å². The van der Waals surface area contributed by atoms with Crippen LogP contribution < -0.4 is 4.90 Å². The summed E-state index contributed by atoms with van der Waals surface area (Å²) in [6.07, 6.45) is 7.09. The number of oxime groups is 1. The molecule has 0 radical (unpaired) electrons. The van der Waals surface area contributed by atoms with Crippen LogP contribution in [-0.4, -0.2) is 24.1 Å². The van der Waals surface area contributed by atoms with Crippen molar-refractivity contribution in [2.45, 2.75) is 26.7 Å². The topological polar surface area (TPSA) is 68.2 Å². The lowest BCUT2D eigenvalue weighted by Crippen LogP contribution is -2.23. The van der Waals surface area contributed by atoms with Gasteiger partial charge in [-0.05, 0) is 67.3 Å². The van der Waals surface area contributed by atoms with Gasteiger partial charge in [-0.15, -0.1) is 0 Å². The Morgan fingerprint density at radius 2 is 1.79 bits per heavy atom. The summed E-state index contributed by atoms with van der Waals surface area (Å²) in [4.78, 5) is 31.4. The van der Waals surface area contributed by atoms with Gasteiger partial charge < -0.3 is 14.5 Å². The molecule has 1 saturated heterocycles. The average Bonchev–Trinajstić information content (AvgIpc) is 3.44. The van der Waals surface area contributed by atoms with Crippen molar-refractivity contribution >= 4 is 28.8 Å². The molecular formula is C28H24N2O4.